The third kappa shape index (κ3) is 11.6. The van der Waals surface area contributed by atoms with Crippen molar-refractivity contribution >= 4 is 22.1 Å². The zero-order chi connectivity index (χ0) is 28.3. The molecular formula is C29H47N5O3Si2. The molecule has 0 unspecified atom stereocenters. The van der Waals surface area contributed by atoms with Crippen molar-refractivity contribution in [3.05, 3.63) is 72.3 Å². The summed E-state index contributed by atoms with van der Waals surface area (Å²) in [5.41, 5.74) is 0.658. The second-order valence-corrected chi connectivity index (χ2v) is 23.9. The second kappa shape index (κ2) is 14.7. The molecular weight excluding hydrogens is 523 g/mol. The van der Waals surface area contributed by atoms with E-state index < -0.39 is 16.1 Å². The van der Waals surface area contributed by atoms with Crippen molar-refractivity contribution in [1.29, 1.82) is 0 Å². The molecule has 0 radical (unpaired) electrons. The van der Waals surface area contributed by atoms with E-state index in [4.69, 9.17) is 9.47 Å². The van der Waals surface area contributed by atoms with Gasteiger partial charge < -0.3 is 23.9 Å². The number of benzene rings is 1. The maximum absolute atomic E-state index is 12.8. The van der Waals surface area contributed by atoms with E-state index in [0.717, 1.165) is 37.0 Å². The number of hydrogen-bond acceptors (Lipinski definition) is 5. The van der Waals surface area contributed by atoms with E-state index in [1.807, 2.05) is 55.1 Å². The van der Waals surface area contributed by atoms with Crippen molar-refractivity contribution in [1.82, 2.24) is 24.4 Å². The predicted molar refractivity (Wildman–Crippen MR) is 162 cm³/mol. The minimum absolute atomic E-state index is 0.0726. The lowest BCUT2D eigenvalue weighted by Gasteiger charge is -2.20. The molecule has 0 bridgehead atoms. The number of nitrogens with one attached hydrogen (secondary N) is 1. The van der Waals surface area contributed by atoms with Crippen LogP contribution in [-0.4, -0.2) is 60.9 Å². The van der Waals surface area contributed by atoms with Crippen molar-refractivity contribution in [3.63, 3.8) is 0 Å². The molecule has 0 saturated heterocycles. The zero-order valence-electron chi connectivity index (χ0n) is 24.7. The molecule has 39 heavy (non-hydrogen) atoms. The van der Waals surface area contributed by atoms with Crippen molar-refractivity contribution < 1.29 is 14.3 Å². The first-order valence-corrected chi connectivity index (χ1v) is 21.4. The first kappa shape index (κ1) is 31.0. The van der Waals surface area contributed by atoms with Crippen LogP contribution in [0.5, 0.6) is 0 Å². The molecule has 0 saturated carbocycles. The van der Waals surface area contributed by atoms with Crippen LogP contribution in [-0.2, 0) is 35.8 Å². The van der Waals surface area contributed by atoms with Gasteiger partial charge in [-0.15, -0.1) is 0 Å². The highest BCUT2D eigenvalue weighted by Crippen LogP contribution is 2.15. The molecule has 8 nitrogen and oxygen atoms in total. The van der Waals surface area contributed by atoms with Crippen molar-refractivity contribution in [2.75, 3.05) is 19.8 Å². The Morgan fingerprint density at radius 2 is 1.31 bits per heavy atom. The maximum Gasteiger partial charge on any atom is 0.251 e. The van der Waals surface area contributed by atoms with E-state index in [2.05, 4.69) is 63.7 Å². The minimum Gasteiger partial charge on any atom is -0.361 e. The van der Waals surface area contributed by atoms with Crippen molar-refractivity contribution in [2.24, 2.45) is 5.92 Å². The van der Waals surface area contributed by atoms with Gasteiger partial charge in [-0.05, 0) is 30.1 Å². The summed E-state index contributed by atoms with van der Waals surface area (Å²) in [6, 6.07) is 11.6. The van der Waals surface area contributed by atoms with Crippen LogP contribution in [0.25, 0.3) is 0 Å². The smallest absolute Gasteiger partial charge is 0.251 e. The van der Waals surface area contributed by atoms with Gasteiger partial charge in [0, 0.05) is 79.1 Å². The molecule has 0 atom stereocenters. The van der Waals surface area contributed by atoms with Gasteiger partial charge in [0.05, 0.1) is 0 Å². The summed E-state index contributed by atoms with van der Waals surface area (Å²) >= 11 is 0. The molecule has 1 aromatic carbocycles. The topological polar surface area (TPSA) is 83.2 Å². The Labute approximate surface area is 236 Å². The monoisotopic (exact) mass is 569 g/mol. The van der Waals surface area contributed by atoms with Gasteiger partial charge in [-0.2, -0.15) is 0 Å². The average molecular weight is 570 g/mol. The molecule has 0 aliphatic carbocycles. The summed E-state index contributed by atoms with van der Waals surface area (Å²) in [4.78, 5) is 22.1. The highest BCUT2D eigenvalue weighted by atomic mass is 28.3. The Morgan fingerprint density at radius 3 is 1.77 bits per heavy atom. The van der Waals surface area contributed by atoms with Gasteiger partial charge in [-0.25, -0.2) is 9.97 Å². The number of carbonyl (C=O) groups excluding carboxylic acids is 1. The molecule has 0 aliphatic heterocycles. The van der Waals surface area contributed by atoms with Crippen LogP contribution in [0.4, 0.5) is 0 Å². The molecule has 2 heterocycles. The van der Waals surface area contributed by atoms with Crippen LogP contribution < -0.4 is 5.32 Å². The molecule has 2 aromatic heterocycles. The molecule has 214 valence electrons. The molecule has 0 aliphatic rings. The third-order valence-corrected chi connectivity index (χ3v) is 9.99. The lowest BCUT2D eigenvalue weighted by Crippen LogP contribution is -2.32. The largest absolute Gasteiger partial charge is 0.361 e. The Kier molecular flexibility index (Phi) is 11.7. The summed E-state index contributed by atoms with van der Waals surface area (Å²) < 4.78 is 16.1. The zero-order valence-corrected chi connectivity index (χ0v) is 26.7. The fraction of sp³-hybridized carbons (Fsp3) is 0.552. The number of amides is 1. The van der Waals surface area contributed by atoms with Gasteiger partial charge in [0.2, 0.25) is 0 Å². The molecule has 3 aromatic rings. The number of hydrogen-bond donors (Lipinski definition) is 1. The number of nitrogens with zero attached hydrogens (tertiary/aromatic N) is 4. The number of aromatic nitrogens is 4. The van der Waals surface area contributed by atoms with E-state index in [-0.39, 0.29) is 11.8 Å². The predicted octanol–water partition coefficient (Wildman–Crippen LogP) is 5.54. The van der Waals surface area contributed by atoms with Gasteiger partial charge in [-0.1, -0.05) is 57.5 Å². The van der Waals surface area contributed by atoms with Gasteiger partial charge in [0.1, 0.15) is 25.1 Å². The maximum atomic E-state index is 12.8. The molecule has 10 heteroatoms. The van der Waals surface area contributed by atoms with E-state index in [1.54, 1.807) is 0 Å². The first-order chi connectivity index (χ1) is 18.5. The van der Waals surface area contributed by atoms with Gasteiger partial charge in [0.15, 0.2) is 0 Å². The third-order valence-electron chi connectivity index (χ3n) is 6.59. The molecule has 0 fully saturated rings. The highest BCUT2D eigenvalue weighted by molar-refractivity contribution is 6.76. The van der Waals surface area contributed by atoms with Crippen LogP contribution in [0.3, 0.4) is 0 Å². The van der Waals surface area contributed by atoms with Crippen LogP contribution in [0, 0.1) is 5.92 Å². The van der Waals surface area contributed by atoms with E-state index in [1.165, 1.54) is 0 Å². The van der Waals surface area contributed by atoms with Crippen LogP contribution >= 0.6 is 0 Å². The fourth-order valence-corrected chi connectivity index (χ4v) is 5.55. The van der Waals surface area contributed by atoms with E-state index >= 15 is 0 Å². The van der Waals surface area contributed by atoms with Gasteiger partial charge >= 0.3 is 0 Å². The summed E-state index contributed by atoms with van der Waals surface area (Å²) in [6.07, 6.45) is 8.98. The Hall–Kier alpha value is -2.54. The lowest BCUT2D eigenvalue weighted by molar-refractivity contribution is 0.0832. The fourth-order valence-electron chi connectivity index (χ4n) is 4.04. The van der Waals surface area contributed by atoms with Crippen LogP contribution in [0.1, 0.15) is 22.0 Å². The molecule has 0 spiro atoms. The Morgan fingerprint density at radius 1 is 0.821 bits per heavy atom. The molecule has 1 N–H and O–H groups in total. The van der Waals surface area contributed by atoms with Crippen molar-refractivity contribution in [3.8, 4) is 0 Å². The van der Waals surface area contributed by atoms with Crippen LogP contribution in [0.15, 0.2) is 55.1 Å². The number of ether oxygens (including phenoxy) is 2. The van der Waals surface area contributed by atoms with E-state index in [0.29, 0.717) is 38.4 Å². The summed E-state index contributed by atoms with van der Waals surface area (Å²) in [5.74, 6) is 1.93. The lowest BCUT2D eigenvalue weighted by atomic mass is 10.00. The SMILES string of the molecule is C[Si](C)(C)CCOCn1ccnc1CC(CNC(=O)c1ccccc1)Cc1nccn1COCC[Si](C)(C)C. The van der Waals surface area contributed by atoms with Crippen LogP contribution in [0.2, 0.25) is 51.4 Å². The molecule has 3 rings (SSSR count). The summed E-state index contributed by atoms with van der Waals surface area (Å²) in [6.45, 7) is 17.2. The highest BCUT2D eigenvalue weighted by Gasteiger charge is 2.19. The Bertz CT molecular complexity index is 1070. The number of imidazole rings is 2. The summed E-state index contributed by atoms with van der Waals surface area (Å²) in [5, 5.41) is 3.13. The Balaban J connectivity index is 1.65. The number of rotatable bonds is 17. The normalized spacial score (nSPS) is 12.3. The van der Waals surface area contributed by atoms with Crippen molar-refractivity contribution in [2.45, 2.75) is 77.7 Å². The second-order valence-electron chi connectivity index (χ2n) is 12.7. The van der Waals surface area contributed by atoms with Gasteiger partial charge in [-0.3, -0.25) is 4.79 Å². The molecule has 1 amide bonds. The summed E-state index contributed by atoms with van der Waals surface area (Å²) in [7, 11) is -2.28. The standard InChI is InChI=1S/C29H47N5O3Si2/c1-38(2,3)18-16-36-23-33-14-12-30-27(33)20-25(22-32-29(35)26-10-8-7-9-11-26)21-28-31-13-15-34(28)24-37-17-19-39(4,5)6/h7-15,25H,16-24H2,1-6H3,(H,32,35). The quantitative estimate of drug-likeness (QED) is 0.171. The van der Waals surface area contributed by atoms with E-state index in [9.17, 15) is 4.79 Å². The first-order valence-electron chi connectivity index (χ1n) is 14.0. The van der Waals surface area contributed by atoms with Gasteiger partial charge in [0.25, 0.3) is 5.91 Å². The average Bonchev–Trinajstić information content (AvgIpc) is 3.51. The minimum atomic E-state index is -1.14. The number of carbonyl (C=O) groups is 1.